The zero-order valence-electron chi connectivity index (χ0n) is 7.75. The fourth-order valence-electron chi connectivity index (χ4n) is 1.98. The molecule has 0 fully saturated rings. The Balaban J connectivity index is 2.53. The topological polar surface area (TPSA) is 36.7 Å². The molecule has 1 heterocycles. The molecule has 0 aliphatic heterocycles. The lowest BCUT2D eigenvalue weighted by Gasteiger charge is -2.20. The number of nitrogens with zero attached hydrogens (tertiary/aromatic N) is 2. The van der Waals surface area contributed by atoms with Crippen molar-refractivity contribution in [3.8, 4) is 6.07 Å². The second-order valence-corrected chi connectivity index (χ2v) is 3.57. The standard InChI is InChI=1S/C11H12N2/c1-8-5-6-13-11-9(7-12)3-2-4-10(8)11/h5-6,9H,2-4H2,1H3/t9-/m0/s1. The van der Waals surface area contributed by atoms with Crippen LogP contribution in [0.2, 0.25) is 0 Å². The van der Waals surface area contributed by atoms with Gasteiger partial charge in [-0.2, -0.15) is 5.26 Å². The van der Waals surface area contributed by atoms with Crippen LogP contribution in [-0.4, -0.2) is 4.98 Å². The number of fused-ring (bicyclic) bond motifs is 1. The van der Waals surface area contributed by atoms with Crippen LogP contribution in [0, 0.1) is 18.3 Å². The summed E-state index contributed by atoms with van der Waals surface area (Å²) in [5.74, 6) is 0.0312. The number of rotatable bonds is 0. The minimum Gasteiger partial charge on any atom is -0.260 e. The van der Waals surface area contributed by atoms with Gasteiger partial charge in [-0.25, -0.2) is 0 Å². The second kappa shape index (κ2) is 3.18. The monoisotopic (exact) mass is 172 g/mol. The molecule has 2 heteroatoms. The molecular formula is C11H12N2. The highest BCUT2D eigenvalue weighted by Gasteiger charge is 2.21. The normalized spacial score (nSPS) is 20.5. The van der Waals surface area contributed by atoms with Crippen molar-refractivity contribution in [3.63, 3.8) is 0 Å². The Labute approximate surface area is 78.2 Å². The van der Waals surface area contributed by atoms with Crippen molar-refractivity contribution in [3.05, 3.63) is 29.1 Å². The molecule has 0 bridgehead atoms. The smallest absolute Gasteiger partial charge is 0.0887 e. The first-order valence-corrected chi connectivity index (χ1v) is 4.67. The van der Waals surface area contributed by atoms with E-state index in [-0.39, 0.29) is 5.92 Å². The molecule has 1 aliphatic rings. The van der Waals surface area contributed by atoms with E-state index < -0.39 is 0 Å². The molecule has 0 unspecified atom stereocenters. The Morgan fingerprint density at radius 2 is 2.46 bits per heavy atom. The molecule has 0 amide bonds. The lowest BCUT2D eigenvalue weighted by atomic mass is 9.85. The summed E-state index contributed by atoms with van der Waals surface area (Å²) < 4.78 is 0. The molecule has 66 valence electrons. The van der Waals surface area contributed by atoms with Gasteiger partial charge in [0.05, 0.1) is 17.7 Å². The zero-order valence-corrected chi connectivity index (χ0v) is 7.75. The Morgan fingerprint density at radius 1 is 1.62 bits per heavy atom. The first kappa shape index (κ1) is 8.25. The van der Waals surface area contributed by atoms with Crippen molar-refractivity contribution in [1.29, 1.82) is 5.26 Å². The maximum Gasteiger partial charge on any atom is 0.0887 e. The van der Waals surface area contributed by atoms with Gasteiger partial charge in [0.2, 0.25) is 0 Å². The predicted molar refractivity (Wildman–Crippen MR) is 50.3 cm³/mol. The van der Waals surface area contributed by atoms with Gasteiger partial charge in [0.25, 0.3) is 0 Å². The average molecular weight is 172 g/mol. The number of aromatic nitrogens is 1. The van der Waals surface area contributed by atoms with Crippen LogP contribution in [-0.2, 0) is 6.42 Å². The first-order valence-electron chi connectivity index (χ1n) is 4.67. The fourth-order valence-corrected chi connectivity index (χ4v) is 1.98. The lowest BCUT2D eigenvalue weighted by molar-refractivity contribution is 0.616. The molecule has 0 saturated carbocycles. The summed E-state index contributed by atoms with van der Waals surface area (Å²) in [6.45, 7) is 2.10. The van der Waals surface area contributed by atoms with E-state index in [9.17, 15) is 0 Å². The molecule has 1 aliphatic carbocycles. The first-order chi connectivity index (χ1) is 6.33. The van der Waals surface area contributed by atoms with Crippen LogP contribution in [0.4, 0.5) is 0 Å². The van der Waals surface area contributed by atoms with Crippen LogP contribution in [0.15, 0.2) is 12.3 Å². The van der Waals surface area contributed by atoms with Crippen molar-refractivity contribution >= 4 is 0 Å². The molecule has 1 aromatic heterocycles. The number of pyridine rings is 1. The molecule has 0 aromatic carbocycles. The molecule has 13 heavy (non-hydrogen) atoms. The highest BCUT2D eigenvalue weighted by atomic mass is 14.7. The van der Waals surface area contributed by atoms with E-state index in [1.807, 2.05) is 12.3 Å². The fraction of sp³-hybridized carbons (Fsp3) is 0.455. The third kappa shape index (κ3) is 1.31. The highest BCUT2D eigenvalue weighted by Crippen LogP contribution is 2.30. The van der Waals surface area contributed by atoms with E-state index in [1.54, 1.807) is 0 Å². The number of hydrogen-bond acceptors (Lipinski definition) is 2. The van der Waals surface area contributed by atoms with Gasteiger partial charge in [-0.3, -0.25) is 4.98 Å². The van der Waals surface area contributed by atoms with Crippen LogP contribution in [0.3, 0.4) is 0 Å². The summed E-state index contributed by atoms with van der Waals surface area (Å²) in [6.07, 6.45) is 4.99. The Morgan fingerprint density at radius 3 is 3.23 bits per heavy atom. The van der Waals surface area contributed by atoms with E-state index in [0.29, 0.717) is 0 Å². The van der Waals surface area contributed by atoms with E-state index in [2.05, 4.69) is 18.0 Å². The molecule has 0 N–H and O–H groups in total. The SMILES string of the molecule is Cc1ccnc2c1CCC[C@H]2C#N. The quantitative estimate of drug-likeness (QED) is 0.602. The molecule has 0 spiro atoms. The molecule has 0 saturated heterocycles. The summed E-state index contributed by atoms with van der Waals surface area (Å²) in [7, 11) is 0. The van der Waals surface area contributed by atoms with Crippen molar-refractivity contribution in [2.24, 2.45) is 0 Å². The van der Waals surface area contributed by atoms with E-state index in [4.69, 9.17) is 5.26 Å². The van der Waals surface area contributed by atoms with Crippen LogP contribution in [0.1, 0.15) is 35.6 Å². The van der Waals surface area contributed by atoms with Crippen molar-refractivity contribution in [2.45, 2.75) is 32.1 Å². The van der Waals surface area contributed by atoms with Gasteiger partial charge in [0.15, 0.2) is 0 Å². The largest absolute Gasteiger partial charge is 0.260 e. The maximum absolute atomic E-state index is 8.94. The van der Waals surface area contributed by atoms with Crippen LogP contribution in [0.5, 0.6) is 0 Å². The zero-order chi connectivity index (χ0) is 9.26. The van der Waals surface area contributed by atoms with Crippen LogP contribution < -0.4 is 0 Å². The summed E-state index contributed by atoms with van der Waals surface area (Å²) in [5, 5.41) is 8.94. The van der Waals surface area contributed by atoms with Gasteiger partial charge >= 0.3 is 0 Å². The maximum atomic E-state index is 8.94. The summed E-state index contributed by atoms with van der Waals surface area (Å²) >= 11 is 0. The van der Waals surface area contributed by atoms with E-state index >= 15 is 0 Å². The number of aryl methyl sites for hydroxylation is 1. The lowest BCUT2D eigenvalue weighted by Crippen LogP contribution is -2.11. The third-order valence-electron chi connectivity index (χ3n) is 2.73. The Hall–Kier alpha value is -1.36. The molecule has 1 aromatic rings. The minimum absolute atomic E-state index is 0.0312. The summed E-state index contributed by atoms with van der Waals surface area (Å²) in [6, 6.07) is 4.35. The molecule has 1 atom stereocenters. The molecule has 2 nitrogen and oxygen atoms in total. The van der Waals surface area contributed by atoms with Crippen molar-refractivity contribution in [1.82, 2.24) is 4.98 Å². The summed E-state index contributed by atoms with van der Waals surface area (Å²) in [4.78, 5) is 4.31. The molecule has 0 radical (unpaired) electrons. The summed E-state index contributed by atoms with van der Waals surface area (Å²) in [5.41, 5.74) is 3.61. The molecule has 2 rings (SSSR count). The number of hydrogen-bond donors (Lipinski definition) is 0. The van der Waals surface area contributed by atoms with Gasteiger partial charge in [0.1, 0.15) is 0 Å². The van der Waals surface area contributed by atoms with Gasteiger partial charge in [-0.15, -0.1) is 0 Å². The van der Waals surface area contributed by atoms with Crippen LogP contribution >= 0.6 is 0 Å². The third-order valence-corrected chi connectivity index (χ3v) is 2.73. The Kier molecular flexibility index (Phi) is 2.02. The minimum atomic E-state index is 0.0312. The van der Waals surface area contributed by atoms with Gasteiger partial charge in [0, 0.05) is 6.20 Å². The van der Waals surface area contributed by atoms with Gasteiger partial charge < -0.3 is 0 Å². The average Bonchev–Trinajstić information content (AvgIpc) is 2.18. The van der Waals surface area contributed by atoms with Crippen molar-refractivity contribution < 1.29 is 0 Å². The molecular weight excluding hydrogens is 160 g/mol. The second-order valence-electron chi connectivity index (χ2n) is 3.57. The predicted octanol–water partition coefficient (Wildman–Crippen LogP) is 2.33. The van der Waals surface area contributed by atoms with Crippen LogP contribution in [0.25, 0.3) is 0 Å². The number of nitriles is 1. The van der Waals surface area contributed by atoms with E-state index in [0.717, 1.165) is 25.0 Å². The van der Waals surface area contributed by atoms with Gasteiger partial charge in [-0.05, 0) is 43.4 Å². The van der Waals surface area contributed by atoms with Crippen molar-refractivity contribution in [2.75, 3.05) is 0 Å². The Bertz CT molecular complexity index is 363. The van der Waals surface area contributed by atoms with Gasteiger partial charge in [-0.1, -0.05) is 0 Å². The van der Waals surface area contributed by atoms with E-state index in [1.165, 1.54) is 11.1 Å². The highest BCUT2D eigenvalue weighted by molar-refractivity contribution is 5.35.